The minimum Gasteiger partial charge on any atom is -0.469 e. The summed E-state index contributed by atoms with van der Waals surface area (Å²) in [6.45, 7) is 8.76. The summed E-state index contributed by atoms with van der Waals surface area (Å²) in [6.07, 6.45) is 4.57. The zero-order valence-corrected chi connectivity index (χ0v) is 20.3. The normalized spacial score (nSPS) is 30.2. The van der Waals surface area contributed by atoms with Gasteiger partial charge in [0.1, 0.15) is 0 Å². The standard InChI is InChI=1S/C25H36BNO5/c1-22(2)23(3,4)32-26(31-22)19-9-7-18(8-10-19)17-27(5)20(28)24-11-14-25(15-12-24,16-13-24)21(29)30-6/h7-10H,11-17H2,1-6H3. The number of methoxy groups -OCH3 is 1. The zero-order valence-electron chi connectivity index (χ0n) is 20.3. The number of hydrogen-bond acceptors (Lipinski definition) is 5. The Morgan fingerprint density at radius 2 is 1.38 bits per heavy atom. The molecule has 1 aromatic carbocycles. The average molecular weight is 441 g/mol. The van der Waals surface area contributed by atoms with Crippen molar-refractivity contribution in [2.45, 2.75) is 84.0 Å². The van der Waals surface area contributed by atoms with Gasteiger partial charge in [0, 0.05) is 19.0 Å². The van der Waals surface area contributed by atoms with Crippen LogP contribution in [0.3, 0.4) is 0 Å². The van der Waals surface area contributed by atoms with Crippen LogP contribution < -0.4 is 5.46 Å². The van der Waals surface area contributed by atoms with Crippen molar-refractivity contribution in [1.82, 2.24) is 4.90 Å². The van der Waals surface area contributed by atoms with E-state index in [0.29, 0.717) is 6.54 Å². The maximum atomic E-state index is 13.4. The molecule has 2 bridgehead atoms. The van der Waals surface area contributed by atoms with Crippen LogP contribution in [0.5, 0.6) is 0 Å². The van der Waals surface area contributed by atoms with E-state index in [4.69, 9.17) is 14.0 Å². The van der Waals surface area contributed by atoms with E-state index in [2.05, 4.69) is 0 Å². The first-order valence-electron chi connectivity index (χ1n) is 11.7. The lowest BCUT2D eigenvalue weighted by atomic mass is 9.53. The number of ether oxygens (including phenoxy) is 1. The van der Waals surface area contributed by atoms with E-state index in [9.17, 15) is 9.59 Å². The lowest BCUT2D eigenvalue weighted by Crippen LogP contribution is -2.52. The summed E-state index contributed by atoms with van der Waals surface area (Å²) in [5.74, 6) is 0.0967. The fourth-order valence-corrected chi connectivity index (χ4v) is 5.54. The summed E-state index contributed by atoms with van der Waals surface area (Å²) in [6, 6.07) is 8.15. The van der Waals surface area contributed by atoms with Crippen LogP contribution in [-0.4, -0.2) is 49.3 Å². The summed E-state index contributed by atoms with van der Waals surface area (Å²) >= 11 is 0. The molecule has 1 aromatic rings. The second-order valence-corrected chi connectivity index (χ2v) is 11.0. The highest BCUT2D eigenvalue weighted by atomic mass is 16.7. The summed E-state index contributed by atoms with van der Waals surface area (Å²) < 4.78 is 17.3. The highest BCUT2D eigenvalue weighted by Crippen LogP contribution is 2.58. The summed E-state index contributed by atoms with van der Waals surface area (Å²) in [4.78, 5) is 27.5. The van der Waals surface area contributed by atoms with Crippen LogP contribution in [0.2, 0.25) is 0 Å². The van der Waals surface area contributed by atoms with Crippen LogP contribution in [-0.2, 0) is 30.2 Å². The van der Waals surface area contributed by atoms with Gasteiger partial charge in [-0.05, 0) is 77.2 Å². The maximum Gasteiger partial charge on any atom is 0.494 e. The summed E-state index contributed by atoms with van der Waals surface area (Å²) in [5, 5.41) is 0. The molecule has 7 heteroatoms. The van der Waals surface area contributed by atoms with Gasteiger partial charge in [0.15, 0.2) is 0 Å². The number of esters is 1. The van der Waals surface area contributed by atoms with E-state index in [1.807, 2.05) is 63.9 Å². The number of rotatable bonds is 5. The number of fused-ring (bicyclic) bond motifs is 3. The second kappa shape index (κ2) is 7.87. The molecule has 0 aromatic heterocycles. The highest BCUT2D eigenvalue weighted by molar-refractivity contribution is 6.62. The lowest BCUT2D eigenvalue weighted by molar-refractivity contribution is -0.169. The van der Waals surface area contributed by atoms with Crippen LogP contribution >= 0.6 is 0 Å². The molecular formula is C25H36BNO5. The predicted molar refractivity (Wildman–Crippen MR) is 123 cm³/mol. The summed E-state index contributed by atoms with van der Waals surface area (Å²) in [5.41, 5.74) is 0.638. The van der Waals surface area contributed by atoms with Gasteiger partial charge in [0.2, 0.25) is 5.91 Å². The molecule has 3 aliphatic carbocycles. The Labute approximate surface area is 192 Å². The van der Waals surface area contributed by atoms with Gasteiger partial charge in [0.25, 0.3) is 0 Å². The van der Waals surface area contributed by atoms with Gasteiger partial charge in [-0.15, -0.1) is 0 Å². The van der Waals surface area contributed by atoms with Gasteiger partial charge < -0.3 is 18.9 Å². The average Bonchev–Trinajstić information content (AvgIpc) is 3.01. The number of carbonyl (C=O) groups excluding carboxylic acids is 2. The van der Waals surface area contributed by atoms with Gasteiger partial charge >= 0.3 is 13.1 Å². The quantitative estimate of drug-likeness (QED) is 0.517. The molecule has 32 heavy (non-hydrogen) atoms. The van der Waals surface area contributed by atoms with Crippen molar-refractivity contribution in [3.05, 3.63) is 29.8 Å². The van der Waals surface area contributed by atoms with Crippen molar-refractivity contribution in [3.8, 4) is 0 Å². The van der Waals surface area contributed by atoms with Crippen LogP contribution in [0, 0.1) is 10.8 Å². The Kier molecular flexibility index (Phi) is 5.74. The van der Waals surface area contributed by atoms with E-state index in [1.165, 1.54) is 7.11 Å². The monoisotopic (exact) mass is 441 g/mol. The number of hydrogen-bond donors (Lipinski definition) is 0. The van der Waals surface area contributed by atoms with Gasteiger partial charge in [-0.3, -0.25) is 9.59 Å². The third-order valence-electron chi connectivity index (χ3n) is 8.59. The van der Waals surface area contributed by atoms with E-state index >= 15 is 0 Å². The van der Waals surface area contributed by atoms with E-state index in [1.54, 1.807) is 0 Å². The molecular weight excluding hydrogens is 405 g/mol. The third-order valence-corrected chi connectivity index (χ3v) is 8.59. The fourth-order valence-electron chi connectivity index (χ4n) is 5.54. The Morgan fingerprint density at radius 1 is 0.906 bits per heavy atom. The topological polar surface area (TPSA) is 65.1 Å². The largest absolute Gasteiger partial charge is 0.494 e. The maximum absolute atomic E-state index is 13.4. The molecule has 0 atom stereocenters. The van der Waals surface area contributed by atoms with Crippen LogP contribution in [0.4, 0.5) is 0 Å². The highest BCUT2D eigenvalue weighted by Gasteiger charge is 2.56. The molecule has 1 amide bonds. The first-order valence-corrected chi connectivity index (χ1v) is 11.7. The first kappa shape index (κ1) is 23.3. The van der Waals surface area contributed by atoms with E-state index < -0.39 is 0 Å². The van der Waals surface area contributed by atoms with Gasteiger partial charge in [-0.25, -0.2) is 0 Å². The van der Waals surface area contributed by atoms with E-state index in [0.717, 1.165) is 49.6 Å². The van der Waals surface area contributed by atoms with Crippen molar-refractivity contribution in [1.29, 1.82) is 0 Å². The Hall–Kier alpha value is -1.86. The second-order valence-electron chi connectivity index (χ2n) is 11.0. The Balaban J connectivity index is 1.38. The van der Waals surface area contributed by atoms with Gasteiger partial charge in [-0.2, -0.15) is 0 Å². The number of amides is 1. The van der Waals surface area contributed by atoms with Crippen molar-refractivity contribution in [3.63, 3.8) is 0 Å². The lowest BCUT2D eigenvalue weighted by Gasteiger charge is -2.51. The first-order chi connectivity index (χ1) is 14.9. The SMILES string of the molecule is COC(=O)C12CCC(C(=O)N(C)Cc3ccc(B4OC(C)(C)C(C)(C)O4)cc3)(CC1)CC2. The van der Waals surface area contributed by atoms with Gasteiger partial charge in [0.05, 0.1) is 23.7 Å². The van der Waals surface area contributed by atoms with E-state index in [-0.39, 0.29) is 41.0 Å². The molecule has 0 unspecified atom stereocenters. The van der Waals surface area contributed by atoms with Crippen molar-refractivity contribution in [2.75, 3.05) is 14.2 Å². The molecule has 1 aliphatic heterocycles. The van der Waals surface area contributed by atoms with Crippen molar-refractivity contribution >= 4 is 24.5 Å². The van der Waals surface area contributed by atoms with Gasteiger partial charge in [-0.1, -0.05) is 24.3 Å². The fraction of sp³-hybridized carbons (Fsp3) is 0.680. The van der Waals surface area contributed by atoms with Crippen LogP contribution in [0.15, 0.2) is 24.3 Å². The Morgan fingerprint density at radius 3 is 1.84 bits per heavy atom. The predicted octanol–water partition coefficient (Wildman–Crippen LogP) is 3.46. The molecule has 0 N–H and O–H groups in total. The molecule has 5 rings (SSSR count). The molecule has 0 spiro atoms. The summed E-state index contributed by atoms with van der Waals surface area (Å²) in [7, 11) is 2.97. The van der Waals surface area contributed by atoms with Crippen LogP contribution in [0.1, 0.15) is 71.8 Å². The number of carbonyl (C=O) groups is 2. The molecule has 0 radical (unpaired) electrons. The zero-order chi connectivity index (χ0) is 23.4. The number of benzene rings is 1. The molecule has 4 aliphatic rings. The van der Waals surface area contributed by atoms with Crippen molar-refractivity contribution < 1.29 is 23.6 Å². The smallest absolute Gasteiger partial charge is 0.469 e. The van der Waals surface area contributed by atoms with Crippen molar-refractivity contribution in [2.24, 2.45) is 10.8 Å². The Bertz CT molecular complexity index is 854. The minimum atomic E-state index is -0.383. The molecule has 3 saturated carbocycles. The molecule has 1 heterocycles. The molecule has 1 saturated heterocycles. The molecule has 174 valence electrons. The number of nitrogens with zero attached hydrogens (tertiary/aromatic N) is 1. The van der Waals surface area contributed by atoms with Crippen LogP contribution in [0.25, 0.3) is 0 Å². The third kappa shape index (κ3) is 3.77. The molecule has 4 fully saturated rings. The molecule has 6 nitrogen and oxygen atoms in total. The minimum absolute atomic E-state index is 0.103.